The number of hydrogen-bond acceptors (Lipinski definition) is 3. The van der Waals surface area contributed by atoms with E-state index in [0.29, 0.717) is 18.5 Å². The summed E-state index contributed by atoms with van der Waals surface area (Å²) in [6.07, 6.45) is 5.27. The zero-order chi connectivity index (χ0) is 19.4. The molecular weight excluding hydrogens is 336 g/mol. The first kappa shape index (κ1) is 19.6. The molecule has 0 unspecified atom stereocenters. The number of nitrogens with two attached hydrogens (primary N) is 1. The van der Waals surface area contributed by atoms with Crippen molar-refractivity contribution in [1.29, 1.82) is 0 Å². The zero-order valence-electron chi connectivity index (χ0n) is 16.8. The van der Waals surface area contributed by atoms with E-state index in [1.807, 2.05) is 6.92 Å². The third-order valence-electron chi connectivity index (χ3n) is 5.72. The molecule has 146 valence electrons. The molecule has 5 nitrogen and oxygen atoms in total. The van der Waals surface area contributed by atoms with Crippen LogP contribution in [0.5, 0.6) is 0 Å². The summed E-state index contributed by atoms with van der Waals surface area (Å²) in [5.41, 5.74) is 11.8. The number of carbonyl (C=O) groups excluding carboxylic acids is 1. The molecule has 1 heterocycles. The lowest BCUT2D eigenvalue weighted by Gasteiger charge is -2.26. The van der Waals surface area contributed by atoms with Gasteiger partial charge in [0.15, 0.2) is 0 Å². The molecule has 0 radical (unpaired) electrons. The molecule has 5 heteroatoms. The lowest BCUT2D eigenvalue weighted by molar-refractivity contribution is -0.122. The Balaban J connectivity index is 1.56. The lowest BCUT2D eigenvalue weighted by Crippen LogP contribution is -2.40. The second-order valence-electron chi connectivity index (χ2n) is 7.97. The summed E-state index contributed by atoms with van der Waals surface area (Å²) in [5, 5.41) is 7.88. The fraction of sp³-hybridized carbons (Fsp3) is 0.545. The Kier molecular flexibility index (Phi) is 6.32. The van der Waals surface area contributed by atoms with Crippen LogP contribution >= 0.6 is 0 Å². The summed E-state index contributed by atoms with van der Waals surface area (Å²) in [7, 11) is 0. The molecule has 0 saturated heterocycles. The Morgan fingerprint density at radius 1 is 1.15 bits per heavy atom. The van der Waals surface area contributed by atoms with Gasteiger partial charge in [0.1, 0.15) is 0 Å². The number of nitrogens with zero attached hydrogens (tertiary/aromatic N) is 2. The van der Waals surface area contributed by atoms with Crippen molar-refractivity contribution in [3.05, 3.63) is 52.3 Å². The van der Waals surface area contributed by atoms with Crippen molar-refractivity contribution in [3.8, 4) is 0 Å². The van der Waals surface area contributed by atoms with Crippen molar-refractivity contribution < 1.29 is 4.79 Å². The minimum atomic E-state index is 0.139. The largest absolute Gasteiger partial charge is 0.353 e. The number of amides is 1. The number of hydrogen-bond donors (Lipinski definition) is 2. The van der Waals surface area contributed by atoms with Crippen LogP contribution in [-0.4, -0.2) is 27.8 Å². The van der Waals surface area contributed by atoms with Crippen LogP contribution in [-0.2, 0) is 17.8 Å². The quantitative estimate of drug-likeness (QED) is 0.822. The summed E-state index contributed by atoms with van der Waals surface area (Å²) >= 11 is 0. The van der Waals surface area contributed by atoms with Crippen LogP contribution < -0.4 is 11.1 Å². The van der Waals surface area contributed by atoms with Crippen molar-refractivity contribution in [2.45, 2.75) is 77.9 Å². The van der Waals surface area contributed by atoms with E-state index in [0.717, 1.165) is 50.0 Å². The van der Waals surface area contributed by atoms with Crippen LogP contribution in [0.1, 0.15) is 60.2 Å². The van der Waals surface area contributed by atoms with Gasteiger partial charge in [-0.2, -0.15) is 5.10 Å². The SMILES string of the molecule is Cc1ccc(Cn2nc(C)c(CCC(=O)NC3CCC(N)CC3)c2C)cc1. The van der Waals surface area contributed by atoms with E-state index in [2.05, 4.69) is 48.1 Å². The monoisotopic (exact) mass is 368 g/mol. The summed E-state index contributed by atoms with van der Waals surface area (Å²) in [4.78, 5) is 12.3. The normalized spacial score (nSPS) is 19.9. The van der Waals surface area contributed by atoms with Gasteiger partial charge in [0.05, 0.1) is 12.2 Å². The minimum Gasteiger partial charge on any atom is -0.353 e. The van der Waals surface area contributed by atoms with Crippen molar-refractivity contribution in [3.63, 3.8) is 0 Å². The van der Waals surface area contributed by atoms with E-state index in [4.69, 9.17) is 10.8 Å². The molecule has 1 aromatic heterocycles. The van der Waals surface area contributed by atoms with Crippen LogP contribution in [0, 0.1) is 20.8 Å². The van der Waals surface area contributed by atoms with Gasteiger partial charge < -0.3 is 11.1 Å². The topological polar surface area (TPSA) is 72.9 Å². The molecule has 0 aliphatic heterocycles. The number of benzene rings is 1. The number of aromatic nitrogens is 2. The van der Waals surface area contributed by atoms with Crippen LogP contribution in [0.2, 0.25) is 0 Å². The molecule has 3 N–H and O–H groups in total. The van der Waals surface area contributed by atoms with E-state index in [-0.39, 0.29) is 5.91 Å². The summed E-state index contributed by atoms with van der Waals surface area (Å²) in [6, 6.07) is 9.16. The average molecular weight is 369 g/mol. The van der Waals surface area contributed by atoms with E-state index in [1.165, 1.54) is 16.7 Å². The molecule has 1 saturated carbocycles. The Hall–Kier alpha value is -2.14. The summed E-state index contributed by atoms with van der Waals surface area (Å²) < 4.78 is 2.05. The summed E-state index contributed by atoms with van der Waals surface area (Å²) in [5.74, 6) is 0.139. The van der Waals surface area contributed by atoms with E-state index in [9.17, 15) is 4.79 Å². The first-order chi connectivity index (χ1) is 12.9. The molecule has 1 fully saturated rings. The van der Waals surface area contributed by atoms with Crippen LogP contribution in [0.4, 0.5) is 0 Å². The maximum absolute atomic E-state index is 12.3. The molecule has 0 spiro atoms. The van der Waals surface area contributed by atoms with Crippen molar-refractivity contribution in [1.82, 2.24) is 15.1 Å². The highest BCUT2D eigenvalue weighted by Gasteiger charge is 2.20. The van der Waals surface area contributed by atoms with Crippen LogP contribution in [0.3, 0.4) is 0 Å². The predicted molar refractivity (Wildman–Crippen MR) is 109 cm³/mol. The maximum atomic E-state index is 12.3. The van der Waals surface area contributed by atoms with Crippen LogP contribution in [0.25, 0.3) is 0 Å². The number of rotatable bonds is 6. The molecule has 27 heavy (non-hydrogen) atoms. The van der Waals surface area contributed by atoms with Crippen LogP contribution in [0.15, 0.2) is 24.3 Å². The Bertz CT molecular complexity index is 770. The Morgan fingerprint density at radius 3 is 2.48 bits per heavy atom. The standard InChI is InChI=1S/C22H32N4O/c1-15-4-6-18(7-5-15)14-26-17(3)21(16(2)25-26)12-13-22(27)24-20-10-8-19(23)9-11-20/h4-7,19-20H,8-14,23H2,1-3H3,(H,24,27). The van der Waals surface area contributed by atoms with Crippen molar-refractivity contribution in [2.24, 2.45) is 5.73 Å². The van der Waals surface area contributed by atoms with Gasteiger partial charge in [-0.15, -0.1) is 0 Å². The second-order valence-corrected chi connectivity index (χ2v) is 7.97. The average Bonchev–Trinajstić information content (AvgIpc) is 2.90. The van der Waals surface area contributed by atoms with Gasteiger partial charge in [-0.1, -0.05) is 29.8 Å². The van der Waals surface area contributed by atoms with Gasteiger partial charge >= 0.3 is 0 Å². The number of nitrogens with one attached hydrogen (secondary N) is 1. The Morgan fingerprint density at radius 2 is 1.81 bits per heavy atom. The van der Waals surface area contributed by atoms with Gasteiger partial charge in [-0.3, -0.25) is 9.48 Å². The van der Waals surface area contributed by atoms with Gasteiger partial charge in [0.2, 0.25) is 5.91 Å². The van der Waals surface area contributed by atoms with Gasteiger partial charge in [0.25, 0.3) is 0 Å². The molecule has 1 amide bonds. The first-order valence-electron chi connectivity index (χ1n) is 10.1. The molecule has 2 aromatic rings. The highest BCUT2D eigenvalue weighted by molar-refractivity contribution is 5.76. The van der Waals surface area contributed by atoms with Gasteiger partial charge in [0, 0.05) is 24.2 Å². The van der Waals surface area contributed by atoms with E-state index in [1.54, 1.807) is 0 Å². The molecule has 0 atom stereocenters. The lowest BCUT2D eigenvalue weighted by atomic mass is 9.91. The van der Waals surface area contributed by atoms with Crippen molar-refractivity contribution in [2.75, 3.05) is 0 Å². The predicted octanol–water partition coefficient (Wildman–Crippen LogP) is 3.18. The molecule has 3 rings (SSSR count). The third-order valence-corrected chi connectivity index (χ3v) is 5.72. The van der Waals surface area contributed by atoms with Gasteiger partial charge in [-0.25, -0.2) is 0 Å². The zero-order valence-corrected chi connectivity index (χ0v) is 16.8. The molecular formula is C22H32N4O. The second kappa shape index (κ2) is 8.70. The number of aryl methyl sites for hydroxylation is 2. The van der Waals surface area contributed by atoms with Crippen molar-refractivity contribution >= 4 is 5.91 Å². The third kappa shape index (κ3) is 5.19. The maximum Gasteiger partial charge on any atom is 0.220 e. The molecule has 1 aliphatic carbocycles. The number of carbonyl (C=O) groups is 1. The molecule has 1 aromatic carbocycles. The van der Waals surface area contributed by atoms with E-state index >= 15 is 0 Å². The summed E-state index contributed by atoms with van der Waals surface area (Å²) in [6.45, 7) is 7.00. The molecule has 0 bridgehead atoms. The highest BCUT2D eigenvalue weighted by Crippen LogP contribution is 2.19. The van der Waals surface area contributed by atoms with Gasteiger partial charge in [-0.05, 0) is 64.0 Å². The molecule has 1 aliphatic rings. The van der Waals surface area contributed by atoms with E-state index < -0.39 is 0 Å². The first-order valence-corrected chi connectivity index (χ1v) is 10.1. The minimum absolute atomic E-state index is 0.139. The smallest absolute Gasteiger partial charge is 0.220 e. The fourth-order valence-electron chi connectivity index (χ4n) is 3.92. The Labute approximate surface area is 162 Å². The fourth-order valence-corrected chi connectivity index (χ4v) is 3.92. The highest BCUT2D eigenvalue weighted by atomic mass is 16.1.